The lowest BCUT2D eigenvalue weighted by Gasteiger charge is -2.23. The zero-order chi connectivity index (χ0) is 13.7. The average molecular weight is 284 g/mol. The van der Waals surface area contributed by atoms with Gasteiger partial charge in [-0.15, -0.1) is 0 Å². The molecule has 19 heavy (non-hydrogen) atoms. The molecule has 0 saturated carbocycles. The first-order chi connectivity index (χ1) is 9.24. The minimum absolute atomic E-state index is 0.317. The number of hydrazine groups is 1. The van der Waals surface area contributed by atoms with Gasteiger partial charge in [-0.25, -0.2) is 5.84 Å². The highest BCUT2D eigenvalue weighted by molar-refractivity contribution is 7.99. The Morgan fingerprint density at radius 1 is 1.47 bits per heavy atom. The fraction of sp³-hybridized carbons (Fsp3) is 0.727. The molecule has 3 N–H and O–H groups in total. The van der Waals surface area contributed by atoms with Gasteiger partial charge < -0.3 is 9.64 Å². The van der Waals surface area contributed by atoms with E-state index in [1.54, 1.807) is 0 Å². The van der Waals surface area contributed by atoms with E-state index in [9.17, 15) is 0 Å². The van der Waals surface area contributed by atoms with Crippen LogP contribution in [0.25, 0.3) is 0 Å². The summed E-state index contributed by atoms with van der Waals surface area (Å²) in [6.45, 7) is 2.61. The van der Waals surface area contributed by atoms with Crippen LogP contribution < -0.4 is 20.9 Å². The SMILES string of the molecule is CCCOc1nc(NN)nc(N(C)C2CCSC2)n1. The van der Waals surface area contributed by atoms with Crippen molar-refractivity contribution < 1.29 is 4.74 Å². The molecule has 1 unspecified atom stereocenters. The lowest BCUT2D eigenvalue weighted by Crippen LogP contribution is -2.33. The number of nitrogens with zero attached hydrogens (tertiary/aromatic N) is 4. The molecule has 0 aliphatic carbocycles. The van der Waals surface area contributed by atoms with Crippen LogP contribution in [0.2, 0.25) is 0 Å². The van der Waals surface area contributed by atoms with Crippen LogP contribution in [0.1, 0.15) is 19.8 Å². The van der Waals surface area contributed by atoms with E-state index < -0.39 is 0 Å². The number of nitrogens with two attached hydrogens (primary N) is 1. The minimum atomic E-state index is 0.317. The Bertz CT molecular complexity index is 412. The number of anilines is 2. The largest absolute Gasteiger partial charge is 0.463 e. The van der Waals surface area contributed by atoms with Gasteiger partial charge in [-0.2, -0.15) is 26.7 Å². The van der Waals surface area contributed by atoms with Crippen molar-refractivity contribution in [2.24, 2.45) is 5.84 Å². The summed E-state index contributed by atoms with van der Waals surface area (Å²) in [5.74, 6) is 8.59. The molecule has 1 aromatic heterocycles. The van der Waals surface area contributed by atoms with Gasteiger partial charge in [0.15, 0.2) is 0 Å². The van der Waals surface area contributed by atoms with Gasteiger partial charge in [0, 0.05) is 18.8 Å². The van der Waals surface area contributed by atoms with E-state index >= 15 is 0 Å². The molecule has 0 spiro atoms. The Morgan fingerprint density at radius 3 is 2.95 bits per heavy atom. The number of thioether (sulfide) groups is 1. The van der Waals surface area contributed by atoms with Gasteiger partial charge >= 0.3 is 6.01 Å². The van der Waals surface area contributed by atoms with Crippen molar-refractivity contribution in [3.05, 3.63) is 0 Å². The normalized spacial score (nSPS) is 18.4. The van der Waals surface area contributed by atoms with Gasteiger partial charge in [-0.1, -0.05) is 6.92 Å². The Labute approximate surface area is 117 Å². The van der Waals surface area contributed by atoms with Crippen LogP contribution in [0, 0.1) is 0 Å². The number of hydrogen-bond donors (Lipinski definition) is 2. The summed E-state index contributed by atoms with van der Waals surface area (Å²) < 4.78 is 5.46. The molecule has 1 aliphatic rings. The predicted molar refractivity (Wildman–Crippen MR) is 77.6 cm³/mol. The summed E-state index contributed by atoms with van der Waals surface area (Å²) in [5.41, 5.74) is 2.46. The molecule has 0 bridgehead atoms. The molecule has 0 aromatic carbocycles. The summed E-state index contributed by atoms with van der Waals surface area (Å²) in [6, 6.07) is 0.773. The molecule has 0 amide bonds. The van der Waals surface area contributed by atoms with Crippen LogP contribution in [0.15, 0.2) is 0 Å². The van der Waals surface area contributed by atoms with Gasteiger partial charge in [0.2, 0.25) is 11.9 Å². The molecule has 0 radical (unpaired) electrons. The van der Waals surface area contributed by atoms with Crippen LogP contribution in [0.3, 0.4) is 0 Å². The molecular formula is C11H20N6OS. The van der Waals surface area contributed by atoms with Gasteiger partial charge in [-0.3, -0.25) is 5.43 Å². The summed E-state index contributed by atoms with van der Waals surface area (Å²) in [4.78, 5) is 14.8. The van der Waals surface area contributed by atoms with Crippen LogP contribution in [-0.4, -0.2) is 46.2 Å². The van der Waals surface area contributed by atoms with Crippen LogP contribution >= 0.6 is 11.8 Å². The van der Waals surface area contributed by atoms with E-state index in [1.165, 1.54) is 5.75 Å². The summed E-state index contributed by atoms with van der Waals surface area (Å²) >= 11 is 1.95. The second-order valence-corrected chi connectivity index (χ2v) is 5.51. The third-order valence-electron chi connectivity index (χ3n) is 2.94. The topological polar surface area (TPSA) is 89.2 Å². The summed E-state index contributed by atoms with van der Waals surface area (Å²) in [5, 5.41) is 0. The van der Waals surface area contributed by atoms with Crippen LogP contribution in [-0.2, 0) is 0 Å². The van der Waals surface area contributed by atoms with Crippen molar-refractivity contribution in [1.82, 2.24) is 15.0 Å². The van der Waals surface area contributed by atoms with Gasteiger partial charge in [0.25, 0.3) is 0 Å². The highest BCUT2D eigenvalue weighted by Gasteiger charge is 2.23. The fourth-order valence-electron chi connectivity index (χ4n) is 1.82. The van der Waals surface area contributed by atoms with E-state index in [1.807, 2.05) is 25.7 Å². The highest BCUT2D eigenvalue weighted by Crippen LogP contribution is 2.25. The lowest BCUT2D eigenvalue weighted by atomic mass is 10.2. The summed E-state index contributed by atoms with van der Waals surface area (Å²) in [6.07, 6.45) is 2.05. The first-order valence-electron chi connectivity index (χ1n) is 6.40. The van der Waals surface area contributed by atoms with E-state index in [4.69, 9.17) is 10.6 Å². The number of hydrogen-bond acceptors (Lipinski definition) is 8. The monoisotopic (exact) mass is 284 g/mol. The second-order valence-electron chi connectivity index (χ2n) is 4.36. The Morgan fingerprint density at radius 2 is 2.32 bits per heavy atom. The number of aromatic nitrogens is 3. The third kappa shape index (κ3) is 3.60. The van der Waals surface area contributed by atoms with E-state index in [-0.39, 0.29) is 0 Å². The third-order valence-corrected chi connectivity index (χ3v) is 4.08. The van der Waals surface area contributed by atoms with Gasteiger partial charge in [0.1, 0.15) is 0 Å². The molecule has 1 fully saturated rings. The number of nitrogens with one attached hydrogen (secondary N) is 1. The van der Waals surface area contributed by atoms with Crippen molar-refractivity contribution in [2.75, 3.05) is 35.5 Å². The maximum atomic E-state index is 5.46. The number of rotatable bonds is 6. The minimum Gasteiger partial charge on any atom is -0.463 e. The van der Waals surface area contributed by atoms with Crippen molar-refractivity contribution in [1.29, 1.82) is 0 Å². The molecule has 2 heterocycles. The molecule has 2 rings (SSSR count). The molecule has 1 aliphatic heterocycles. The zero-order valence-electron chi connectivity index (χ0n) is 11.3. The first kappa shape index (κ1) is 14.1. The molecule has 1 saturated heterocycles. The fourth-order valence-corrected chi connectivity index (χ4v) is 3.08. The molecule has 8 heteroatoms. The standard InChI is InChI=1S/C11H20N6OS/c1-3-5-18-11-14-9(16-12)13-10(15-11)17(2)8-4-6-19-7-8/h8H,3-7,12H2,1-2H3,(H,13,14,15,16). The molecule has 1 aromatic rings. The number of nitrogen functional groups attached to an aromatic ring is 1. The van der Waals surface area contributed by atoms with Crippen molar-refractivity contribution in [3.63, 3.8) is 0 Å². The number of ether oxygens (including phenoxy) is 1. The first-order valence-corrected chi connectivity index (χ1v) is 7.56. The highest BCUT2D eigenvalue weighted by atomic mass is 32.2. The maximum Gasteiger partial charge on any atom is 0.323 e. The average Bonchev–Trinajstić information content (AvgIpc) is 2.98. The predicted octanol–water partition coefficient (Wildman–Crippen LogP) is 0.888. The Balaban J connectivity index is 2.17. The zero-order valence-corrected chi connectivity index (χ0v) is 12.1. The van der Waals surface area contributed by atoms with E-state index in [2.05, 4.69) is 25.3 Å². The van der Waals surface area contributed by atoms with Gasteiger partial charge in [-0.05, 0) is 18.6 Å². The maximum absolute atomic E-state index is 5.46. The van der Waals surface area contributed by atoms with Crippen LogP contribution in [0.4, 0.5) is 11.9 Å². The quantitative estimate of drug-likeness (QED) is 0.588. The van der Waals surface area contributed by atoms with Gasteiger partial charge in [0.05, 0.1) is 6.61 Å². The smallest absolute Gasteiger partial charge is 0.323 e. The summed E-state index contributed by atoms with van der Waals surface area (Å²) in [7, 11) is 2.00. The van der Waals surface area contributed by atoms with E-state index in [0.717, 1.165) is 18.6 Å². The van der Waals surface area contributed by atoms with Crippen LogP contribution in [0.5, 0.6) is 6.01 Å². The lowest BCUT2D eigenvalue weighted by molar-refractivity contribution is 0.291. The molecule has 1 atom stereocenters. The van der Waals surface area contributed by atoms with E-state index in [0.29, 0.717) is 30.6 Å². The van der Waals surface area contributed by atoms with Crippen molar-refractivity contribution >= 4 is 23.7 Å². The Hall–Kier alpha value is -1.28. The van der Waals surface area contributed by atoms with Crippen molar-refractivity contribution in [3.8, 4) is 6.01 Å². The van der Waals surface area contributed by atoms with Crippen molar-refractivity contribution in [2.45, 2.75) is 25.8 Å². The Kier molecular flexibility index (Phi) is 5.03. The molecular weight excluding hydrogens is 264 g/mol. The molecule has 7 nitrogen and oxygen atoms in total. The second kappa shape index (κ2) is 6.76. The molecule has 106 valence electrons.